The molecule has 0 aliphatic heterocycles. The zero-order valence-electron chi connectivity index (χ0n) is 6.72. The zero-order chi connectivity index (χ0) is 9.14. The largest absolute Gasteiger partial charge is 0.393 e. The molecule has 0 heterocycles. The third kappa shape index (κ3) is 2.19. The van der Waals surface area contributed by atoms with Crippen LogP contribution in [0.5, 0.6) is 0 Å². The minimum absolute atomic E-state index is 0.255. The van der Waals surface area contributed by atoms with Crippen LogP contribution in [0.15, 0.2) is 18.2 Å². The Morgan fingerprint density at radius 1 is 1.58 bits per heavy atom. The fourth-order valence-electron chi connectivity index (χ4n) is 1.02. The predicted octanol–water partition coefficient (Wildman–Crippen LogP) is 2.40. The SMILES string of the molecule is CC(O)Cc1c(F)cccc1Cl. The Morgan fingerprint density at radius 2 is 2.25 bits per heavy atom. The summed E-state index contributed by atoms with van der Waals surface area (Å²) in [6.07, 6.45) is -0.315. The normalized spacial score (nSPS) is 13.0. The number of aliphatic hydroxyl groups excluding tert-OH is 1. The van der Waals surface area contributed by atoms with Crippen molar-refractivity contribution in [2.24, 2.45) is 0 Å². The number of aliphatic hydroxyl groups is 1. The van der Waals surface area contributed by atoms with Crippen LogP contribution >= 0.6 is 11.6 Å². The molecule has 66 valence electrons. The monoisotopic (exact) mass is 188 g/mol. The Labute approximate surface area is 75.8 Å². The summed E-state index contributed by atoms with van der Waals surface area (Å²) in [6, 6.07) is 4.50. The fourth-order valence-corrected chi connectivity index (χ4v) is 1.26. The molecule has 0 bridgehead atoms. The topological polar surface area (TPSA) is 20.2 Å². The van der Waals surface area contributed by atoms with Crippen LogP contribution in [-0.4, -0.2) is 11.2 Å². The fraction of sp³-hybridized carbons (Fsp3) is 0.333. The van der Waals surface area contributed by atoms with Gasteiger partial charge in [0.2, 0.25) is 0 Å². The molecule has 0 aliphatic carbocycles. The van der Waals surface area contributed by atoms with Crippen LogP contribution < -0.4 is 0 Å². The average Bonchev–Trinajstić information content (AvgIpc) is 1.97. The van der Waals surface area contributed by atoms with Gasteiger partial charge in [0.05, 0.1) is 6.10 Å². The van der Waals surface area contributed by atoms with Crippen molar-refractivity contribution in [3.63, 3.8) is 0 Å². The summed E-state index contributed by atoms with van der Waals surface area (Å²) in [5.74, 6) is -0.358. The van der Waals surface area contributed by atoms with Gasteiger partial charge in [0, 0.05) is 17.0 Å². The minimum atomic E-state index is -0.570. The molecule has 0 saturated heterocycles. The van der Waals surface area contributed by atoms with E-state index in [4.69, 9.17) is 16.7 Å². The van der Waals surface area contributed by atoms with Crippen molar-refractivity contribution >= 4 is 11.6 Å². The molecule has 0 aromatic heterocycles. The Bertz CT molecular complexity index is 253. The molecule has 1 N–H and O–H groups in total. The highest BCUT2D eigenvalue weighted by Gasteiger charge is 2.08. The zero-order valence-corrected chi connectivity index (χ0v) is 7.48. The highest BCUT2D eigenvalue weighted by molar-refractivity contribution is 6.31. The summed E-state index contributed by atoms with van der Waals surface area (Å²) in [7, 11) is 0. The molecule has 0 spiro atoms. The molecule has 0 saturated carbocycles. The second kappa shape index (κ2) is 3.87. The first-order chi connectivity index (χ1) is 5.61. The molecule has 1 aromatic carbocycles. The van der Waals surface area contributed by atoms with E-state index in [0.717, 1.165) is 0 Å². The summed E-state index contributed by atoms with van der Waals surface area (Å²) < 4.78 is 13.0. The maximum Gasteiger partial charge on any atom is 0.127 e. The standard InChI is InChI=1S/C9H10ClFO/c1-6(12)5-7-8(10)3-2-4-9(7)11/h2-4,6,12H,5H2,1H3. The van der Waals surface area contributed by atoms with Gasteiger partial charge >= 0.3 is 0 Å². The van der Waals surface area contributed by atoms with E-state index < -0.39 is 6.10 Å². The van der Waals surface area contributed by atoms with E-state index in [1.807, 2.05) is 0 Å². The molecule has 1 aromatic rings. The van der Waals surface area contributed by atoms with Gasteiger partial charge in [-0.2, -0.15) is 0 Å². The van der Waals surface area contributed by atoms with Crippen LogP contribution in [0.3, 0.4) is 0 Å². The Hall–Kier alpha value is -0.600. The van der Waals surface area contributed by atoms with Gasteiger partial charge in [-0.3, -0.25) is 0 Å². The highest BCUT2D eigenvalue weighted by Crippen LogP contribution is 2.20. The summed E-state index contributed by atoms with van der Waals surface area (Å²) in [5.41, 5.74) is 0.383. The van der Waals surface area contributed by atoms with Gasteiger partial charge in [0.1, 0.15) is 5.82 Å². The quantitative estimate of drug-likeness (QED) is 0.756. The van der Waals surface area contributed by atoms with Gasteiger partial charge in [-0.25, -0.2) is 4.39 Å². The van der Waals surface area contributed by atoms with Crippen molar-refractivity contribution in [2.45, 2.75) is 19.4 Å². The summed E-state index contributed by atoms with van der Waals surface area (Å²) in [5, 5.41) is 9.40. The number of hydrogen-bond donors (Lipinski definition) is 1. The molecule has 0 amide bonds. The van der Waals surface area contributed by atoms with Crippen LogP contribution in [0, 0.1) is 5.82 Å². The highest BCUT2D eigenvalue weighted by atomic mass is 35.5. The molecule has 0 radical (unpaired) electrons. The van der Waals surface area contributed by atoms with Gasteiger partial charge in [-0.15, -0.1) is 0 Å². The van der Waals surface area contributed by atoms with Crippen molar-refractivity contribution < 1.29 is 9.50 Å². The number of hydrogen-bond acceptors (Lipinski definition) is 1. The third-order valence-electron chi connectivity index (χ3n) is 1.56. The molecular weight excluding hydrogens is 179 g/mol. The summed E-state index contributed by atoms with van der Waals surface area (Å²) in [4.78, 5) is 0. The first-order valence-corrected chi connectivity index (χ1v) is 4.10. The van der Waals surface area contributed by atoms with Crippen molar-refractivity contribution in [1.82, 2.24) is 0 Å². The van der Waals surface area contributed by atoms with E-state index in [2.05, 4.69) is 0 Å². The van der Waals surface area contributed by atoms with Gasteiger partial charge < -0.3 is 5.11 Å². The molecule has 1 rings (SSSR count). The molecule has 0 aliphatic rings. The first kappa shape index (κ1) is 9.49. The maximum absolute atomic E-state index is 13.0. The molecular formula is C9H10ClFO. The second-order valence-corrected chi connectivity index (χ2v) is 3.16. The van der Waals surface area contributed by atoms with E-state index in [1.165, 1.54) is 6.07 Å². The van der Waals surface area contributed by atoms with Crippen LogP contribution in [0.1, 0.15) is 12.5 Å². The number of rotatable bonds is 2. The number of benzene rings is 1. The summed E-state index contributed by atoms with van der Waals surface area (Å²) >= 11 is 5.72. The van der Waals surface area contributed by atoms with Crippen molar-refractivity contribution in [3.8, 4) is 0 Å². The smallest absolute Gasteiger partial charge is 0.127 e. The average molecular weight is 189 g/mol. The molecule has 3 heteroatoms. The van der Waals surface area contributed by atoms with Crippen LogP contribution in [0.2, 0.25) is 5.02 Å². The first-order valence-electron chi connectivity index (χ1n) is 3.72. The van der Waals surface area contributed by atoms with Crippen LogP contribution in [0.4, 0.5) is 4.39 Å². The lowest BCUT2D eigenvalue weighted by Gasteiger charge is -2.07. The van der Waals surface area contributed by atoms with Gasteiger partial charge in [-0.1, -0.05) is 17.7 Å². The maximum atomic E-state index is 13.0. The lowest BCUT2D eigenvalue weighted by molar-refractivity contribution is 0.194. The van der Waals surface area contributed by atoms with E-state index in [9.17, 15) is 4.39 Å². The van der Waals surface area contributed by atoms with Crippen LogP contribution in [0.25, 0.3) is 0 Å². The molecule has 1 nitrogen and oxygen atoms in total. The van der Waals surface area contributed by atoms with E-state index in [0.29, 0.717) is 10.6 Å². The van der Waals surface area contributed by atoms with Gasteiger partial charge in [0.25, 0.3) is 0 Å². The Kier molecular flexibility index (Phi) is 3.06. The Morgan fingerprint density at radius 3 is 2.75 bits per heavy atom. The lowest BCUT2D eigenvalue weighted by Crippen LogP contribution is -2.06. The molecule has 1 unspecified atom stereocenters. The van der Waals surface area contributed by atoms with Gasteiger partial charge in [-0.05, 0) is 19.1 Å². The van der Waals surface area contributed by atoms with Crippen molar-refractivity contribution in [1.29, 1.82) is 0 Å². The predicted molar refractivity (Wildman–Crippen MR) is 46.8 cm³/mol. The molecule has 1 atom stereocenters. The van der Waals surface area contributed by atoms with E-state index >= 15 is 0 Å². The van der Waals surface area contributed by atoms with E-state index in [-0.39, 0.29) is 12.2 Å². The minimum Gasteiger partial charge on any atom is -0.393 e. The molecule has 0 fully saturated rings. The van der Waals surface area contributed by atoms with Crippen molar-refractivity contribution in [2.75, 3.05) is 0 Å². The lowest BCUT2D eigenvalue weighted by atomic mass is 10.1. The number of halogens is 2. The van der Waals surface area contributed by atoms with E-state index in [1.54, 1.807) is 19.1 Å². The molecule has 12 heavy (non-hydrogen) atoms. The van der Waals surface area contributed by atoms with Gasteiger partial charge in [0.15, 0.2) is 0 Å². The third-order valence-corrected chi connectivity index (χ3v) is 1.92. The van der Waals surface area contributed by atoms with Crippen molar-refractivity contribution in [3.05, 3.63) is 34.6 Å². The summed E-state index contributed by atoms with van der Waals surface area (Å²) in [6.45, 7) is 1.60. The second-order valence-electron chi connectivity index (χ2n) is 2.75. The van der Waals surface area contributed by atoms with Crippen LogP contribution in [-0.2, 0) is 6.42 Å². The Balaban J connectivity index is 2.96.